The third-order valence-corrected chi connectivity index (χ3v) is 7.16. The van der Waals surface area contributed by atoms with Crippen LogP contribution in [0.1, 0.15) is 47.8 Å². The zero-order chi connectivity index (χ0) is 20.0. The van der Waals surface area contributed by atoms with Gasteiger partial charge >= 0.3 is 0 Å². The second-order valence-electron chi connectivity index (χ2n) is 9.00. The second-order valence-corrected chi connectivity index (χ2v) is 9.00. The molecule has 1 N–H and O–H groups in total. The van der Waals surface area contributed by atoms with Crippen molar-refractivity contribution in [2.75, 3.05) is 26.7 Å². The molecule has 3 aliphatic rings. The Hall–Kier alpha value is -1.63. The molecule has 0 spiro atoms. The molecule has 1 aromatic carbocycles. The highest BCUT2D eigenvalue weighted by molar-refractivity contribution is 5.85. The summed E-state index contributed by atoms with van der Waals surface area (Å²) in [6.07, 6.45) is 5.87. The van der Waals surface area contributed by atoms with E-state index in [1.165, 1.54) is 30.2 Å². The summed E-state index contributed by atoms with van der Waals surface area (Å²) in [6, 6.07) is 7.13. The number of aryl methyl sites for hydroxylation is 2. The minimum absolute atomic E-state index is 0. The predicted molar refractivity (Wildman–Crippen MR) is 123 cm³/mol. The number of hydrogen-bond donors (Lipinski definition) is 1. The highest BCUT2D eigenvalue weighted by Gasteiger charge is 2.47. The van der Waals surface area contributed by atoms with E-state index in [4.69, 9.17) is 0 Å². The van der Waals surface area contributed by atoms with E-state index in [1.807, 2.05) is 11.0 Å². The lowest BCUT2D eigenvalue weighted by molar-refractivity contribution is -0.130. The Morgan fingerprint density at radius 3 is 2.81 bits per heavy atom. The van der Waals surface area contributed by atoms with Gasteiger partial charge in [0.05, 0.1) is 5.69 Å². The lowest BCUT2D eigenvalue weighted by atomic mass is 9.89. The molecule has 0 radical (unpaired) electrons. The van der Waals surface area contributed by atoms with Crippen molar-refractivity contribution in [3.8, 4) is 0 Å². The summed E-state index contributed by atoms with van der Waals surface area (Å²) in [5.41, 5.74) is 4.74. The lowest BCUT2D eigenvalue weighted by Gasteiger charge is -2.27. The van der Waals surface area contributed by atoms with Crippen LogP contribution in [0.25, 0.3) is 0 Å². The van der Waals surface area contributed by atoms with Crippen molar-refractivity contribution >= 4 is 30.7 Å². The first-order valence-electron chi connectivity index (χ1n) is 10.9. The van der Waals surface area contributed by atoms with Crippen molar-refractivity contribution in [1.82, 2.24) is 20.0 Å². The molecule has 0 bridgehead atoms. The number of rotatable bonds is 4. The minimum Gasteiger partial charge on any atom is -0.342 e. The number of fused-ring (bicyclic) bond motifs is 2. The Bertz CT molecular complexity index is 921. The summed E-state index contributed by atoms with van der Waals surface area (Å²) in [4.78, 5) is 17.3. The predicted octanol–water partition coefficient (Wildman–Crippen LogP) is 3.97. The number of benzene rings is 1. The van der Waals surface area contributed by atoms with Crippen LogP contribution in [0.15, 0.2) is 24.3 Å². The van der Waals surface area contributed by atoms with E-state index in [2.05, 4.69) is 22.1 Å². The normalized spacial score (nSPS) is 24.8. The van der Waals surface area contributed by atoms with E-state index in [0.29, 0.717) is 18.3 Å². The molecule has 3 atom stereocenters. The van der Waals surface area contributed by atoms with Crippen LogP contribution in [0.4, 0.5) is 4.39 Å². The third-order valence-electron chi connectivity index (χ3n) is 7.16. The highest BCUT2D eigenvalue weighted by atomic mass is 35.5. The van der Waals surface area contributed by atoms with Gasteiger partial charge in [-0.1, -0.05) is 12.1 Å². The molecule has 3 heterocycles. The number of aromatic nitrogens is 2. The van der Waals surface area contributed by atoms with E-state index < -0.39 is 0 Å². The van der Waals surface area contributed by atoms with Crippen molar-refractivity contribution in [2.45, 2.75) is 44.6 Å². The van der Waals surface area contributed by atoms with Gasteiger partial charge in [-0.25, -0.2) is 4.39 Å². The van der Waals surface area contributed by atoms with Crippen molar-refractivity contribution < 1.29 is 9.18 Å². The summed E-state index contributed by atoms with van der Waals surface area (Å²) in [7, 11) is 2.11. The Kier molecular flexibility index (Phi) is 7.66. The van der Waals surface area contributed by atoms with E-state index in [1.54, 1.807) is 12.1 Å². The van der Waals surface area contributed by atoms with Crippen LogP contribution in [-0.4, -0.2) is 52.6 Å². The smallest absolute Gasteiger partial charge is 0.222 e. The van der Waals surface area contributed by atoms with Crippen LogP contribution in [0.2, 0.25) is 0 Å². The summed E-state index contributed by atoms with van der Waals surface area (Å²) >= 11 is 0. The topological polar surface area (TPSA) is 52.2 Å². The Labute approximate surface area is 195 Å². The average molecular weight is 469 g/mol. The van der Waals surface area contributed by atoms with Crippen molar-refractivity contribution in [1.29, 1.82) is 0 Å². The molecule has 0 saturated carbocycles. The summed E-state index contributed by atoms with van der Waals surface area (Å²) in [5, 5.41) is 7.66. The summed E-state index contributed by atoms with van der Waals surface area (Å²) in [6.45, 7) is 2.55. The fourth-order valence-corrected chi connectivity index (χ4v) is 5.79. The molecule has 2 aliphatic heterocycles. The second kappa shape index (κ2) is 9.88. The van der Waals surface area contributed by atoms with E-state index >= 15 is 0 Å². The SMILES string of the molecule is CN1C[C@H]2CN(C(=O)CCc3n[nH]c4c3CCCC4)C[C@H]2[C@@H]1c1cccc(F)c1.Cl.Cl. The third kappa shape index (κ3) is 4.62. The number of amides is 1. The number of H-pyrrole nitrogens is 1. The van der Waals surface area contributed by atoms with Crippen LogP contribution in [0.5, 0.6) is 0 Å². The standard InChI is InChI=1S/C23H29FN4O.2ClH/c1-27-12-16-13-28(14-19(16)23(27)15-5-4-6-17(24)11-15)22(29)10-9-21-18-7-2-3-8-20(18)25-26-21;;/h4-6,11,16,19,23H,2-3,7-10,12-14H2,1H3,(H,25,26);2*1H/t16-,19+,23-;;/m0../s1. The molecule has 5 nitrogen and oxygen atoms in total. The first-order chi connectivity index (χ1) is 14.1. The molecule has 2 fully saturated rings. The van der Waals surface area contributed by atoms with Gasteiger partial charge in [-0.05, 0) is 61.9 Å². The molecular formula is C23H31Cl2FN4O. The van der Waals surface area contributed by atoms with Gasteiger partial charge in [0, 0.05) is 50.1 Å². The maximum atomic E-state index is 13.8. The van der Waals surface area contributed by atoms with Gasteiger partial charge in [0.1, 0.15) is 5.82 Å². The zero-order valence-electron chi connectivity index (χ0n) is 17.8. The number of halogens is 3. The number of carbonyl (C=O) groups excluding carboxylic acids is 1. The summed E-state index contributed by atoms with van der Waals surface area (Å²) in [5.74, 6) is 0.888. The van der Waals surface area contributed by atoms with Gasteiger partial charge in [-0.15, -0.1) is 24.8 Å². The van der Waals surface area contributed by atoms with Gasteiger partial charge < -0.3 is 4.90 Å². The van der Waals surface area contributed by atoms with Crippen LogP contribution in [-0.2, 0) is 24.1 Å². The average Bonchev–Trinajstić information content (AvgIpc) is 3.38. The summed E-state index contributed by atoms with van der Waals surface area (Å²) < 4.78 is 13.8. The first kappa shape index (κ1) is 24.0. The van der Waals surface area contributed by atoms with Gasteiger partial charge in [-0.3, -0.25) is 14.8 Å². The Balaban J connectivity index is 0.00000136. The molecule has 2 saturated heterocycles. The molecule has 8 heteroatoms. The maximum absolute atomic E-state index is 13.8. The number of likely N-dealkylation sites (tertiary alicyclic amines) is 2. The number of nitrogens with zero attached hydrogens (tertiary/aromatic N) is 3. The number of nitrogens with one attached hydrogen (secondary N) is 1. The highest BCUT2D eigenvalue weighted by Crippen LogP contribution is 2.44. The molecule has 0 unspecified atom stereocenters. The van der Waals surface area contributed by atoms with Crippen LogP contribution in [0, 0.1) is 17.7 Å². The van der Waals surface area contributed by atoms with Crippen molar-refractivity contribution in [3.63, 3.8) is 0 Å². The fraction of sp³-hybridized carbons (Fsp3) is 0.565. The minimum atomic E-state index is -0.187. The van der Waals surface area contributed by atoms with E-state index in [-0.39, 0.29) is 42.6 Å². The van der Waals surface area contributed by atoms with Crippen molar-refractivity contribution in [3.05, 3.63) is 52.6 Å². The number of aromatic amines is 1. The quantitative estimate of drug-likeness (QED) is 0.738. The van der Waals surface area contributed by atoms with Gasteiger partial charge in [0.25, 0.3) is 0 Å². The molecule has 5 rings (SSSR count). The molecular weight excluding hydrogens is 438 g/mol. The maximum Gasteiger partial charge on any atom is 0.222 e. The Morgan fingerprint density at radius 2 is 2.00 bits per heavy atom. The number of carbonyl (C=O) groups is 1. The van der Waals surface area contributed by atoms with Gasteiger partial charge in [0.15, 0.2) is 0 Å². The largest absolute Gasteiger partial charge is 0.342 e. The lowest BCUT2D eigenvalue weighted by Crippen LogP contribution is -2.33. The molecule has 1 amide bonds. The van der Waals surface area contributed by atoms with E-state index in [0.717, 1.165) is 50.2 Å². The number of hydrogen-bond acceptors (Lipinski definition) is 3. The van der Waals surface area contributed by atoms with Crippen LogP contribution in [0.3, 0.4) is 0 Å². The van der Waals surface area contributed by atoms with E-state index in [9.17, 15) is 9.18 Å². The van der Waals surface area contributed by atoms with Gasteiger partial charge in [0.2, 0.25) is 5.91 Å². The molecule has 2 aromatic rings. The molecule has 1 aromatic heterocycles. The van der Waals surface area contributed by atoms with Crippen LogP contribution >= 0.6 is 24.8 Å². The molecule has 1 aliphatic carbocycles. The van der Waals surface area contributed by atoms with Crippen molar-refractivity contribution in [2.24, 2.45) is 11.8 Å². The molecule has 170 valence electrons. The monoisotopic (exact) mass is 468 g/mol. The molecule has 31 heavy (non-hydrogen) atoms. The fourth-order valence-electron chi connectivity index (χ4n) is 5.79. The zero-order valence-corrected chi connectivity index (χ0v) is 19.5. The Morgan fingerprint density at radius 1 is 1.19 bits per heavy atom. The van der Waals surface area contributed by atoms with Gasteiger partial charge in [-0.2, -0.15) is 5.10 Å². The van der Waals surface area contributed by atoms with Crippen LogP contribution < -0.4 is 0 Å². The first-order valence-corrected chi connectivity index (χ1v) is 10.9.